The van der Waals surface area contributed by atoms with Crippen molar-refractivity contribution in [2.24, 2.45) is 5.73 Å². The first-order valence-corrected chi connectivity index (χ1v) is 6.19. The zero-order chi connectivity index (χ0) is 14.0. The molecule has 0 aliphatic heterocycles. The topological polar surface area (TPSA) is 26.0 Å². The van der Waals surface area contributed by atoms with Crippen molar-refractivity contribution in [2.75, 3.05) is 0 Å². The number of benzene rings is 2. The Morgan fingerprint density at radius 2 is 1.79 bits per heavy atom. The number of halogens is 3. The average Bonchev–Trinajstić information content (AvgIpc) is 2.35. The molecule has 4 heteroatoms. The van der Waals surface area contributed by atoms with Crippen molar-refractivity contribution >= 4 is 10.8 Å². The van der Waals surface area contributed by atoms with Gasteiger partial charge < -0.3 is 5.73 Å². The lowest BCUT2D eigenvalue weighted by Gasteiger charge is -2.18. The van der Waals surface area contributed by atoms with Crippen LogP contribution in [0.1, 0.15) is 30.0 Å². The molecule has 2 aromatic carbocycles. The first-order chi connectivity index (χ1) is 8.88. The van der Waals surface area contributed by atoms with Crippen LogP contribution >= 0.6 is 0 Å². The number of hydrogen-bond acceptors (Lipinski definition) is 1. The molecule has 2 rings (SSSR count). The third-order valence-corrected chi connectivity index (χ3v) is 3.30. The fourth-order valence-electron chi connectivity index (χ4n) is 2.36. The third kappa shape index (κ3) is 3.26. The first kappa shape index (κ1) is 13.9. The number of fused-ring (bicyclic) bond motifs is 1. The molecule has 2 aromatic rings. The lowest BCUT2D eigenvalue weighted by atomic mass is 9.92. The Kier molecular flexibility index (Phi) is 3.80. The van der Waals surface area contributed by atoms with Gasteiger partial charge in [-0.2, -0.15) is 13.2 Å². The first-order valence-electron chi connectivity index (χ1n) is 6.19. The van der Waals surface area contributed by atoms with E-state index in [0.29, 0.717) is 0 Å². The summed E-state index contributed by atoms with van der Waals surface area (Å²) < 4.78 is 36.9. The van der Waals surface area contributed by atoms with Crippen LogP contribution in [0.4, 0.5) is 13.2 Å². The quantitative estimate of drug-likeness (QED) is 0.871. The zero-order valence-electron chi connectivity index (χ0n) is 10.7. The summed E-state index contributed by atoms with van der Waals surface area (Å²) in [6, 6.07) is 10.9. The highest BCUT2D eigenvalue weighted by molar-refractivity contribution is 5.87. The van der Waals surface area contributed by atoms with E-state index in [1.165, 1.54) is 0 Å². The van der Waals surface area contributed by atoms with Crippen molar-refractivity contribution in [3.63, 3.8) is 0 Å². The lowest BCUT2D eigenvalue weighted by Crippen LogP contribution is -2.17. The normalized spacial score (nSPS) is 13.7. The molecule has 0 fully saturated rings. The highest BCUT2D eigenvalue weighted by Gasteiger charge is 2.28. The molecule has 0 bridgehead atoms. The minimum Gasteiger partial charge on any atom is -0.324 e. The number of alkyl halides is 3. The Labute approximate surface area is 110 Å². The second-order valence-electron chi connectivity index (χ2n) is 4.78. The van der Waals surface area contributed by atoms with Crippen LogP contribution in [-0.2, 0) is 0 Å². The van der Waals surface area contributed by atoms with Crippen molar-refractivity contribution in [1.29, 1.82) is 0 Å². The molecule has 0 heterocycles. The van der Waals surface area contributed by atoms with Crippen LogP contribution in [0, 0.1) is 6.92 Å². The van der Waals surface area contributed by atoms with Gasteiger partial charge in [-0.25, -0.2) is 0 Å². The van der Waals surface area contributed by atoms with Crippen LogP contribution < -0.4 is 5.73 Å². The van der Waals surface area contributed by atoms with Crippen LogP contribution in [-0.4, -0.2) is 6.18 Å². The molecule has 0 aliphatic rings. The van der Waals surface area contributed by atoms with Gasteiger partial charge in [0.05, 0.1) is 0 Å². The Morgan fingerprint density at radius 1 is 1.11 bits per heavy atom. The van der Waals surface area contributed by atoms with E-state index in [4.69, 9.17) is 5.73 Å². The Bertz CT molecular complexity index is 575. The summed E-state index contributed by atoms with van der Waals surface area (Å²) in [5.74, 6) is 0. The molecule has 1 atom stereocenters. The van der Waals surface area contributed by atoms with Gasteiger partial charge in [-0.15, -0.1) is 0 Å². The second kappa shape index (κ2) is 5.21. The van der Waals surface area contributed by atoms with E-state index < -0.39 is 18.6 Å². The van der Waals surface area contributed by atoms with Gasteiger partial charge >= 0.3 is 6.18 Å². The maximum Gasteiger partial charge on any atom is 0.389 e. The SMILES string of the molecule is Cc1ccc2ccccc2c1C(N)CCC(F)(F)F. The molecule has 0 amide bonds. The van der Waals surface area contributed by atoms with Gasteiger partial charge in [-0.1, -0.05) is 36.4 Å². The van der Waals surface area contributed by atoms with Crippen molar-refractivity contribution in [3.8, 4) is 0 Å². The summed E-state index contributed by atoms with van der Waals surface area (Å²) in [6.07, 6.45) is -5.09. The van der Waals surface area contributed by atoms with Gasteiger partial charge in [0.25, 0.3) is 0 Å². The van der Waals surface area contributed by atoms with Crippen LogP contribution in [0.15, 0.2) is 36.4 Å². The minimum absolute atomic E-state index is 0.0850. The van der Waals surface area contributed by atoms with Crippen LogP contribution in [0.3, 0.4) is 0 Å². The molecule has 0 aromatic heterocycles. The number of aryl methyl sites for hydroxylation is 1. The van der Waals surface area contributed by atoms with E-state index in [9.17, 15) is 13.2 Å². The standard InChI is InChI=1S/C15H16F3N/c1-10-6-7-11-4-2-3-5-12(11)14(10)13(19)8-9-15(16,17)18/h2-7,13H,8-9,19H2,1H3. The van der Waals surface area contributed by atoms with Crippen LogP contribution in [0.25, 0.3) is 10.8 Å². The monoisotopic (exact) mass is 267 g/mol. The van der Waals surface area contributed by atoms with Gasteiger partial charge in [0.1, 0.15) is 0 Å². The zero-order valence-corrected chi connectivity index (χ0v) is 10.7. The van der Waals surface area contributed by atoms with Crippen molar-refractivity contribution in [3.05, 3.63) is 47.5 Å². The molecule has 1 nitrogen and oxygen atoms in total. The Morgan fingerprint density at radius 3 is 2.47 bits per heavy atom. The van der Waals surface area contributed by atoms with Gasteiger partial charge in [-0.3, -0.25) is 0 Å². The fourth-order valence-corrected chi connectivity index (χ4v) is 2.36. The molecule has 2 N–H and O–H groups in total. The van der Waals surface area contributed by atoms with E-state index in [2.05, 4.69) is 0 Å². The van der Waals surface area contributed by atoms with Gasteiger partial charge in [0.15, 0.2) is 0 Å². The molecule has 102 valence electrons. The summed E-state index contributed by atoms with van der Waals surface area (Å²) in [5, 5.41) is 1.95. The highest BCUT2D eigenvalue weighted by Crippen LogP contribution is 2.31. The molecular weight excluding hydrogens is 251 g/mol. The van der Waals surface area contributed by atoms with Gasteiger partial charge in [0, 0.05) is 12.5 Å². The summed E-state index contributed by atoms with van der Waals surface area (Å²) in [7, 11) is 0. The summed E-state index contributed by atoms with van der Waals surface area (Å²) in [6.45, 7) is 1.88. The summed E-state index contributed by atoms with van der Waals surface area (Å²) in [4.78, 5) is 0. The summed E-state index contributed by atoms with van der Waals surface area (Å²) in [5.41, 5.74) is 7.73. The van der Waals surface area contributed by atoms with Gasteiger partial charge in [-0.05, 0) is 35.2 Å². The molecule has 0 aliphatic carbocycles. The minimum atomic E-state index is -4.16. The maximum absolute atomic E-state index is 12.3. The largest absolute Gasteiger partial charge is 0.389 e. The van der Waals surface area contributed by atoms with Crippen molar-refractivity contribution in [2.45, 2.75) is 32.0 Å². The second-order valence-corrected chi connectivity index (χ2v) is 4.78. The number of hydrogen-bond donors (Lipinski definition) is 1. The molecular formula is C15H16F3N. The summed E-state index contributed by atoms with van der Waals surface area (Å²) >= 11 is 0. The molecule has 0 saturated heterocycles. The Balaban J connectivity index is 2.35. The van der Waals surface area contributed by atoms with E-state index in [-0.39, 0.29) is 6.42 Å². The van der Waals surface area contributed by atoms with Crippen molar-refractivity contribution < 1.29 is 13.2 Å². The van der Waals surface area contributed by atoms with E-state index in [1.54, 1.807) is 0 Å². The third-order valence-electron chi connectivity index (χ3n) is 3.30. The molecule has 19 heavy (non-hydrogen) atoms. The van der Waals surface area contributed by atoms with E-state index in [1.807, 2.05) is 43.3 Å². The smallest absolute Gasteiger partial charge is 0.324 e. The van der Waals surface area contributed by atoms with E-state index >= 15 is 0 Å². The number of nitrogens with two attached hydrogens (primary N) is 1. The predicted octanol–water partition coefficient (Wildman–Crippen LogP) is 4.49. The maximum atomic E-state index is 12.3. The number of rotatable bonds is 3. The van der Waals surface area contributed by atoms with Crippen molar-refractivity contribution in [1.82, 2.24) is 0 Å². The molecule has 0 saturated carbocycles. The van der Waals surface area contributed by atoms with E-state index in [0.717, 1.165) is 21.9 Å². The Hall–Kier alpha value is -1.55. The average molecular weight is 267 g/mol. The molecule has 0 spiro atoms. The predicted molar refractivity (Wildman–Crippen MR) is 70.9 cm³/mol. The molecule has 1 unspecified atom stereocenters. The highest BCUT2D eigenvalue weighted by atomic mass is 19.4. The van der Waals surface area contributed by atoms with Gasteiger partial charge in [0.2, 0.25) is 0 Å². The fraction of sp³-hybridized carbons (Fsp3) is 0.333. The molecule has 0 radical (unpaired) electrons. The van der Waals surface area contributed by atoms with Crippen LogP contribution in [0.2, 0.25) is 0 Å². The van der Waals surface area contributed by atoms with Crippen LogP contribution in [0.5, 0.6) is 0 Å². The lowest BCUT2D eigenvalue weighted by molar-refractivity contribution is -0.136.